The Morgan fingerprint density at radius 1 is 1.03 bits per heavy atom. The van der Waals surface area contributed by atoms with Gasteiger partial charge in [0.2, 0.25) is 0 Å². The summed E-state index contributed by atoms with van der Waals surface area (Å²) in [7, 11) is 0. The molecular weight excluding hydrogens is 506 g/mol. The van der Waals surface area contributed by atoms with Crippen molar-refractivity contribution in [3.05, 3.63) is 76.8 Å². The highest BCUT2D eigenvalue weighted by Gasteiger charge is 2.33. The third-order valence-corrected chi connectivity index (χ3v) is 4.96. The number of carbonyl (C=O) groups is 2. The third-order valence-electron chi connectivity index (χ3n) is 4.63. The van der Waals surface area contributed by atoms with Crippen LogP contribution in [0.15, 0.2) is 54.7 Å². The third kappa shape index (κ3) is 7.32. The van der Waals surface area contributed by atoms with Crippen LogP contribution in [0.2, 0.25) is 5.02 Å². The first kappa shape index (κ1) is 26.7. The second kappa shape index (κ2) is 11.7. The van der Waals surface area contributed by atoms with E-state index in [2.05, 4.69) is 15.6 Å². The van der Waals surface area contributed by atoms with Crippen molar-refractivity contribution >= 4 is 35.0 Å². The summed E-state index contributed by atoms with van der Waals surface area (Å²) < 4.78 is 64.1. The van der Waals surface area contributed by atoms with E-state index >= 15 is 0 Å². The average molecular weight is 526 g/mol. The molecular formula is C24H20ClF4N3O4. The summed E-state index contributed by atoms with van der Waals surface area (Å²) in [5.41, 5.74) is -1.54. The molecule has 3 rings (SSSR count). The van der Waals surface area contributed by atoms with Crippen molar-refractivity contribution < 1.29 is 36.6 Å². The Hall–Kier alpha value is -3.86. The van der Waals surface area contributed by atoms with E-state index in [0.29, 0.717) is 12.5 Å². The number of amides is 2. The van der Waals surface area contributed by atoms with Gasteiger partial charge >= 0.3 is 18.2 Å². The molecule has 190 valence electrons. The van der Waals surface area contributed by atoms with Crippen LogP contribution in [-0.4, -0.2) is 23.6 Å². The number of urea groups is 1. The van der Waals surface area contributed by atoms with Crippen LogP contribution in [0.1, 0.15) is 35.8 Å². The second-order valence-corrected chi connectivity index (χ2v) is 7.79. The molecule has 2 amide bonds. The zero-order chi connectivity index (χ0) is 26.3. The van der Waals surface area contributed by atoms with Crippen molar-refractivity contribution in [1.29, 1.82) is 0 Å². The average Bonchev–Trinajstić information content (AvgIpc) is 2.81. The molecule has 0 atom stereocenters. The maximum atomic E-state index is 14.5. The minimum absolute atomic E-state index is 0.0231. The van der Waals surface area contributed by atoms with Gasteiger partial charge in [-0.3, -0.25) is 0 Å². The first-order valence-electron chi connectivity index (χ1n) is 10.6. The number of halogens is 5. The number of nitrogens with zero attached hydrogens (tertiary/aromatic N) is 1. The van der Waals surface area contributed by atoms with E-state index < -0.39 is 34.6 Å². The Morgan fingerprint density at radius 3 is 2.47 bits per heavy atom. The molecule has 0 unspecified atom stereocenters. The van der Waals surface area contributed by atoms with Gasteiger partial charge in [-0.1, -0.05) is 24.9 Å². The molecule has 0 saturated heterocycles. The lowest BCUT2D eigenvalue weighted by Gasteiger charge is -2.13. The number of alkyl halides is 3. The highest BCUT2D eigenvalue weighted by Crippen LogP contribution is 2.36. The molecule has 2 N–H and O–H groups in total. The number of unbranched alkanes of at least 4 members (excludes halogenated alkanes) is 1. The number of hydrogen-bond acceptors (Lipinski definition) is 5. The topological polar surface area (TPSA) is 89.5 Å². The van der Waals surface area contributed by atoms with Gasteiger partial charge in [-0.15, -0.1) is 0 Å². The summed E-state index contributed by atoms with van der Waals surface area (Å²) in [5.74, 6) is -1.23. The number of hydrogen-bond donors (Lipinski definition) is 2. The number of nitrogens with one attached hydrogen (secondary N) is 2. The SMILES string of the molecule is CCCCOC(=O)c1cc(Oc2ccc(NC(=O)Nc3ccc(Cl)c(C(F)(F)F)c3)c(F)c2)ccn1. The highest BCUT2D eigenvalue weighted by atomic mass is 35.5. The number of pyridine rings is 1. The summed E-state index contributed by atoms with van der Waals surface area (Å²) in [6.45, 7) is 2.22. The molecule has 0 aliphatic carbocycles. The van der Waals surface area contributed by atoms with Crippen LogP contribution in [0.4, 0.5) is 33.7 Å². The molecule has 2 aromatic carbocycles. The highest BCUT2D eigenvalue weighted by molar-refractivity contribution is 6.31. The maximum absolute atomic E-state index is 14.5. The zero-order valence-electron chi connectivity index (χ0n) is 18.8. The maximum Gasteiger partial charge on any atom is 0.417 e. The van der Waals surface area contributed by atoms with Crippen LogP contribution >= 0.6 is 11.6 Å². The molecule has 0 bridgehead atoms. The lowest BCUT2D eigenvalue weighted by atomic mass is 10.2. The Labute approximate surface area is 208 Å². The van der Waals surface area contributed by atoms with Crippen molar-refractivity contribution in [2.45, 2.75) is 25.9 Å². The molecule has 0 fully saturated rings. The fourth-order valence-electron chi connectivity index (χ4n) is 2.87. The minimum Gasteiger partial charge on any atom is -0.461 e. The molecule has 0 aliphatic heterocycles. The number of anilines is 2. The smallest absolute Gasteiger partial charge is 0.417 e. The Bertz CT molecular complexity index is 1250. The monoisotopic (exact) mass is 525 g/mol. The predicted octanol–water partition coefficient (Wildman–Crippen LogP) is 7.29. The molecule has 1 aromatic heterocycles. The predicted molar refractivity (Wildman–Crippen MR) is 125 cm³/mol. The van der Waals surface area contributed by atoms with E-state index in [4.69, 9.17) is 21.1 Å². The fraction of sp³-hybridized carbons (Fsp3) is 0.208. The molecule has 0 radical (unpaired) electrons. The summed E-state index contributed by atoms with van der Waals surface area (Å²) in [4.78, 5) is 28.1. The molecule has 3 aromatic rings. The lowest BCUT2D eigenvalue weighted by Crippen LogP contribution is -2.20. The lowest BCUT2D eigenvalue weighted by molar-refractivity contribution is -0.137. The van der Waals surface area contributed by atoms with Gasteiger partial charge in [-0.05, 0) is 42.8 Å². The molecule has 0 aliphatic rings. The van der Waals surface area contributed by atoms with Gasteiger partial charge in [-0.25, -0.2) is 19.0 Å². The van der Waals surface area contributed by atoms with Crippen molar-refractivity contribution in [3.8, 4) is 11.5 Å². The van der Waals surface area contributed by atoms with Gasteiger partial charge in [-0.2, -0.15) is 13.2 Å². The molecule has 1 heterocycles. The van der Waals surface area contributed by atoms with Gasteiger partial charge in [0.25, 0.3) is 0 Å². The number of benzene rings is 2. The van der Waals surface area contributed by atoms with E-state index in [9.17, 15) is 27.2 Å². The summed E-state index contributed by atoms with van der Waals surface area (Å²) in [5, 5.41) is 3.87. The first-order chi connectivity index (χ1) is 17.1. The molecule has 7 nitrogen and oxygen atoms in total. The number of aromatic nitrogens is 1. The largest absolute Gasteiger partial charge is 0.461 e. The van der Waals surface area contributed by atoms with Crippen LogP contribution in [0.25, 0.3) is 0 Å². The van der Waals surface area contributed by atoms with Gasteiger partial charge in [0, 0.05) is 24.0 Å². The summed E-state index contributed by atoms with van der Waals surface area (Å²) in [6, 6.07) is 8.19. The van der Waals surface area contributed by atoms with E-state index in [1.165, 1.54) is 36.5 Å². The van der Waals surface area contributed by atoms with Crippen LogP contribution < -0.4 is 15.4 Å². The number of carbonyl (C=O) groups excluding carboxylic acids is 2. The Morgan fingerprint density at radius 2 is 1.78 bits per heavy atom. The van der Waals surface area contributed by atoms with Crippen LogP contribution in [-0.2, 0) is 10.9 Å². The van der Waals surface area contributed by atoms with Crippen molar-refractivity contribution in [2.24, 2.45) is 0 Å². The van der Waals surface area contributed by atoms with E-state index in [1.807, 2.05) is 6.92 Å². The standard InChI is InChI=1S/C24H20ClF4N3O4/c1-2-3-10-35-22(33)21-13-16(8-9-30-21)36-15-5-7-20(19(26)12-15)32-23(34)31-14-4-6-18(25)17(11-14)24(27,28)29/h4-9,11-13H,2-3,10H2,1H3,(H2,31,32,34). The van der Waals surface area contributed by atoms with Crippen molar-refractivity contribution in [2.75, 3.05) is 17.2 Å². The van der Waals surface area contributed by atoms with Gasteiger partial charge in [0.05, 0.1) is 22.9 Å². The van der Waals surface area contributed by atoms with Crippen molar-refractivity contribution in [1.82, 2.24) is 4.98 Å². The second-order valence-electron chi connectivity index (χ2n) is 7.38. The Balaban J connectivity index is 1.64. The zero-order valence-corrected chi connectivity index (χ0v) is 19.5. The van der Waals surface area contributed by atoms with Gasteiger partial charge in [0.15, 0.2) is 5.69 Å². The van der Waals surface area contributed by atoms with Crippen LogP contribution in [0, 0.1) is 5.82 Å². The van der Waals surface area contributed by atoms with E-state index in [1.54, 1.807) is 0 Å². The number of rotatable bonds is 8. The van der Waals surface area contributed by atoms with E-state index in [0.717, 1.165) is 18.6 Å². The fourth-order valence-corrected chi connectivity index (χ4v) is 3.10. The van der Waals surface area contributed by atoms with Crippen LogP contribution in [0.3, 0.4) is 0 Å². The first-order valence-corrected chi connectivity index (χ1v) is 11.0. The van der Waals surface area contributed by atoms with Crippen LogP contribution in [0.5, 0.6) is 11.5 Å². The van der Waals surface area contributed by atoms with Gasteiger partial charge < -0.3 is 20.1 Å². The quantitative estimate of drug-likeness (QED) is 0.183. The number of esters is 1. The summed E-state index contributed by atoms with van der Waals surface area (Å²) in [6.07, 6.45) is -1.79. The van der Waals surface area contributed by atoms with Gasteiger partial charge in [0.1, 0.15) is 17.3 Å². The molecule has 36 heavy (non-hydrogen) atoms. The Kier molecular flexibility index (Phi) is 8.70. The summed E-state index contributed by atoms with van der Waals surface area (Å²) >= 11 is 5.55. The molecule has 0 spiro atoms. The minimum atomic E-state index is -4.71. The normalized spacial score (nSPS) is 11.1. The molecule has 12 heteroatoms. The number of ether oxygens (including phenoxy) is 2. The van der Waals surface area contributed by atoms with Crippen molar-refractivity contribution in [3.63, 3.8) is 0 Å². The molecule has 0 saturated carbocycles. The van der Waals surface area contributed by atoms with E-state index in [-0.39, 0.29) is 35.2 Å².